The van der Waals surface area contributed by atoms with E-state index in [4.69, 9.17) is 9.47 Å². The number of ether oxygens (including phenoxy) is 2. The first-order valence-corrected chi connectivity index (χ1v) is 9.76. The molecule has 1 amide bonds. The fraction of sp³-hybridized carbons (Fsp3) is 0.125. The zero-order chi connectivity index (χ0) is 20.3. The molecule has 0 saturated heterocycles. The van der Waals surface area contributed by atoms with Gasteiger partial charge in [0, 0.05) is 17.1 Å². The maximum atomic E-state index is 12.6. The molecule has 0 fully saturated rings. The van der Waals surface area contributed by atoms with Crippen LogP contribution < -0.4 is 14.8 Å². The third-order valence-corrected chi connectivity index (χ3v) is 4.92. The van der Waals surface area contributed by atoms with E-state index in [-0.39, 0.29) is 12.3 Å². The zero-order valence-electron chi connectivity index (χ0n) is 16.2. The lowest BCUT2D eigenvalue weighted by Gasteiger charge is -2.18. The Kier molecular flexibility index (Phi) is 4.73. The molecule has 5 rings (SSSR count). The van der Waals surface area contributed by atoms with Crippen LogP contribution in [0.1, 0.15) is 5.56 Å². The molecule has 3 heterocycles. The third kappa shape index (κ3) is 3.67. The number of anilines is 1. The van der Waals surface area contributed by atoms with Gasteiger partial charge in [-0.05, 0) is 42.0 Å². The van der Waals surface area contributed by atoms with E-state index in [2.05, 4.69) is 15.3 Å². The van der Waals surface area contributed by atoms with Gasteiger partial charge in [-0.1, -0.05) is 30.3 Å². The summed E-state index contributed by atoms with van der Waals surface area (Å²) in [6.07, 6.45) is 1.96. The number of carbonyl (C=O) groups excluding carboxylic acids is 1. The van der Waals surface area contributed by atoms with Crippen LogP contribution >= 0.6 is 0 Å². The molecular weight excluding hydrogens is 378 g/mol. The van der Waals surface area contributed by atoms with E-state index < -0.39 is 0 Å². The van der Waals surface area contributed by atoms with Gasteiger partial charge < -0.3 is 14.8 Å². The summed E-state index contributed by atoms with van der Waals surface area (Å²) < 4.78 is 11.2. The summed E-state index contributed by atoms with van der Waals surface area (Å²) in [5.74, 6) is 1.80. The Balaban J connectivity index is 1.35. The van der Waals surface area contributed by atoms with E-state index in [0.717, 1.165) is 33.5 Å². The number of rotatable bonds is 4. The van der Waals surface area contributed by atoms with Crippen molar-refractivity contribution in [3.8, 4) is 22.8 Å². The molecule has 1 N–H and O–H groups in total. The molecule has 0 radical (unpaired) electrons. The van der Waals surface area contributed by atoms with Gasteiger partial charge in [0.25, 0.3) is 0 Å². The minimum absolute atomic E-state index is 0.139. The quantitative estimate of drug-likeness (QED) is 0.557. The maximum Gasteiger partial charge on any atom is 0.230 e. The number of benzene rings is 2. The van der Waals surface area contributed by atoms with Gasteiger partial charge in [-0.15, -0.1) is 0 Å². The normalized spacial score (nSPS) is 12.5. The summed E-state index contributed by atoms with van der Waals surface area (Å²) in [6, 6.07) is 21.0. The van der Waals surface area contributed by atoms with E-state index in [0.29, 0.717) is 24.8 Å². The second-order valence-electron chi connectivity index (χ2n) is 6.98. The Morgan fingerprint density at radius 3 is 2.70 bits per heavy atom. The SMILES string of the molecule is O=C(Cc1cccc2cccnc12)Nc1cccc(-c2ccc3c(c2)OCCO3)n1. The van der Waals surface area contributed by atoms with Gasteiger partial charge in [-0.2, -0.15) is 0 Å². The average molecular weight is 397 g/mol. The molecule has 0 saturated carbocycles. The van der Waals surface area contributed by atoms with E-state index in [1.807, 2.05) is 60.7 Å². The highest BCUT2D eigenvalue weighted by atomic mass is 16.6. The summed E-state index contributed by atoms with van der Waals surface area (Å²) >= 11 is 0. The Bertz CT molecular complexity index is 1230. The summed E-state index contributed by atoms with van der Waals surface area (Å²) in [5.41, 5.74) is 3.37. The Hall–Kier alpha value is -3.93. The number of aromatic nitrogens is 2. The molecule has 1 aliphatic rings. The molecule has 0 bridgehead atoms. The highest BCUT2D eigenvalue weighted by Crippen LogP contribution is 2.34. The second kappa shape index (κ2) is 7.83. The average Bonchev–Trinajstić information content (AvgIpc) is 2.79. The lowest BCUT2D eigenvalue weighted by molar-refractivity contribution is -0.115. The number of hydrogen-bond donors (Lipinski definition) is 1. The molecule has 6 nitrogen and oxygen atoms in total. The molecule has 148 valence electrons. The lowest BCUT2D eigenvalue weighted by Crippen LogP contribution is -2.16. The molecule has 0 atom stereocenters. The molecule has 1 aliphatic heterocycles. The van der Waals surface area contributed by atoms with Crippen LogP contribution in [0.5, 0.6) is 11.5 Å². The van der Waals surface area contributed by atoms with Crippen molar-refractivity contribution in [2.24, 2.45) is 0 Å². The molecule has 0 spiro atoms. The van der Waals surface area contributed by atoms with Crippen LogP contribution in [0.2, 0.25) is 0 Å². The molecule has 2 aromatic heterocycles. The van der Waals surface area contributed by atoms with E-state index >= 15 is 0 Å². The third-order valence-electron chi connectivity index (χ3n) is 4.92. The summed E-state index contributed by atoms with van der Waals surface area (Å²) in [7, 11) is 0. The number of fused-ring (bicyclic) bond motifs is 2. The summed E-state index contributed by atoms with van der Waals surface area (Å²) in [6.45, 7) is 1.08. The second-order valence-corrected chi connectivity index (χ2v) is 6.98. The monoisotopic (exact) mass is 397 g/mol. The van der Waals surface area contributed by atoms with Crippen LogP contribution in [0.3, 0.4) is 0 Å². The standard InChI is InChI=1S/C24H19N3O3/c28-23(15-18-5-1-4-16-6-3-11-25-24(16)18)27-22-8-2-7-19(26-22)17-9-10-20-21(14-17)30-13-12-29-20/h1-11,14H,12-13,15H2,(H,26,27,28). The van der Waals surface area contributed by atoms with Crippen LogP contribution in [-0.4, -0.2) is 29.1 Å². The predicted molar refractivity (Wildman–Crippen MR) is 115 cm³/mol. The van der Waals surface area contributed by atoms with Crippen LogP contribution in [0.15, 0.2) is 72.9 Å². The van der Waals surface area contributed by atoms with Crippen LogP contribution in [0.25, 0.3) is 22.2 Å². The Morgan fingerprint density at radius 2 is 1.77 bits per heavy atom. The van der Waals surface area contributed by atoms with Crippen molar-refractivity contribution in [2.75, 3.05) is 18.5 Å². The minimum Gasteiger partial charge on any atom is -0.486 e. The fourth-order valence-electron chi connectivity index (χ4n) is 3.54. The highest BCUT2D eigenvalue weighted by molar-refractivity contribution is 5.94. The number of amides is 1. The number of pyridine rings is 2. The van der Waals surface area contributed by atoms with Crippen LogP contribution in [0, 0.1) is 0 Å². The first kappa shape index (κ1) is 18.1. The maximum absolute atomic E-state index is 12.6. The smallest absolute Gasteiger partial charge is 0.230 e. The van der Waals surface area contributed by atoms with E-state index in [1.165, 1.54) is 0 Å². The lowest BCUT2D eigenvalue weighted by atomic mass is 10.1. The van der Waals surface area contributed by atoms with Crippen molar-refractivity contribution in [1.82, 2.24) is 9.97 Å². The number of nitrogens with zero attached hydrogens (tertiary/aromatic N) is 2. The van der Waals surface area contributed by atoms with Gasteiger partial charge >= 0.3 is 0 Å². The number of carbonyl (C=O) groups is 1. The molecule has 2 aromatic carbocycles. The van der Waals surface area contributed by atoms with Gasteiger partial charge in [-0.25, -0.2) is 4.98 Å². The molecular formula is C24H19N3O3. The fourth-order valence-corrected chi connectivity index (χ4v) is 3.54. The first-order chi connectivity index (χ1) is 14.8. The van der Waals surface area contributed by atoms with Crippen molar-refractivity contribution in [3.05, 3.63) is 78.5 Å². The van der Waals surface area contributed by atoms with Gasteiger partial charge in [0.15, 0.2) is 11.5 Å². The topological polar surface area (TPSA) is 73.3 Å². The summed E-state index contributed by atoms with van der Waals surface area (Å²) in [4.78, 5) is 21.7. The number of nitrogens with one attached hydrogen (secondary N) is 1. The molecule has 4 aromatic rings. The van der Waals surface area contributed by atoms with Crippen LogP contribution in [0.4, 0.5) is 5.82 Å². The largest absolute Gasteiger partial charge is 0.486 e. The van der Waals surface area contributed by atoms with E-state index in [9.17, 15) is 4.79 Å². The van der Waals surface area contributed by atoms with Crippen molar-refractivity contribution in [1.29, 1.82) is 0 Å². The predicted octanol–water partition coefficient (Wildman–Crippen LogP) is 4.25. The highest BCUT2D eigenvalue weighted by Gasteiger charge is 2.14. The van der Waals surface area contributed by atoms with Crippen molar-refractivity contribution >= 4 is 22.6 Å². The Labute approximate surface area is 173 Å². The van der Waals surface area contributed by atoms with Gasteiger partial charge in [0.1, 0.15) is 19.0 Å². The van der Waals surface area contributed by atoms with Crippen LogP contribution in [-0.2, 0) is 11.2 Å². The minimum atomic E-state index is -0.139. The molecule has 30 heavy (non-hydrogen) atoms. The summed E-state index contributed by atoms with van der Waals surface area (Å²) in [5, 5.41) is 3.91. The van der Waals surface area contributed by atoms with Gasteiger partial charge in [0.05, 0.1) is 17.6 Å². The van der Waals surface area contributed by atoms with Crippen molar-refractivity contribution < 1.29 is 14.3 Å². The molecule has 6 heteroatoms. The Morgan fingerprint density at radius 1 is 0.933 bits per heavy atom. The number of hydrogen-bond acceptors (Lipinski definition) is 5. The van der Waals surface area contributed by atoms with Gasteiger partial charge in [0.2, 0.25) is 5.91 Å². The first-order valence-electron chi connectivity index (χ1n) is 9.76. The van der Waals surface area contributed by atoms with Gasteiger partial charge in [-0.3, -0.25) is 9.78 Å². The van der Waals surface area contributed by atoms with Crippen molar-refractivity contribution in [3.63, 3.8) is 0 Å². The molecule has 0 unspecified atom stereocenters. The van der Waals surface area contributed by atoms with Crippen molar-refractivity contribution in [2.45, 2.75) is 6.42 Å². The molecule has 0 aliphatic carbocycles. The zero-order valence-corrected chi connectivity index (χ0v) is 16.2. The number of para-hydroxylation sites is 1. The van der Waals surface area contributed by atoms with E-state index in [1.54, 1.807) is 12.3 Å².